The van der Waals surface area contributed by atoms with Crippen molar-refractivity contribution in [3.63, 3.8) is 0 Å². The molecule has 1 fully saturated rings. The number of morpholine rings is 1. The van der Waals surface area contributed by atoms with E-state index in [-0.39, 0.29) is 12.1 Å². The van der Waals surface area contributed by atoms with Gasteiger partial charge in [0.05, 0.1) is 35.7 Å². The molecule has 2 rings (SSSR count). The molecule has 1 saturated heterocycles. The van der Waals surface area contributed by atoms with Crippen molar-refractivity contribution in [1.82, 2.24) is 20.0 Å². The van der Waals surface area contributed by atoms with Gasteiger partial charge in [-0.1, -0.05) is 18.5 Å². The number of ether oxygens (including phenoxy) is 1. The third kappa shape index (κ3) is 3.77. The van der Waals surface area contributed by atoms with Gasteiger partial charge in [-0.05, 0) is 27.3 Å². The first kappa shape index (κ1) is 16.7. The van der Waals surface area contributed by atoms with Gasteiger partial charge in [-0.3, -0.25) is 9.58 Å². The molecule has 0 radical (unpaired) electrons. The zero-order valence-electron chi connectivity index (χ0n) is 13.5. The highest BCUT2D eigenvalue weighted by Crippen LogP contribution is 2.28. The van der Waals surface area contributed by atoms with E-state index in [4.69, 9.17) is 16.3 Å². The molecule has 5 nitrogen and oxygen atoms in total. The fraction of sp³-hybridized carbons (Fsp3) is 0.800. The Labute approximate surface area is 132 Å². The summed E-state index contributed by atoms with van der Waals surface area (Å²) in [5.74, 6) is 0. The maximum absolute atomic E-state index is 6.38. The number of nitrogens with one attached hydrogen (secondary N) is 1. The first-order valence-electron chi connectivity index (χ1n) is 7.82. The number of aryl methyl sites for hydroxylation is 1. The van der Waals surface area contributed by atoms with E-state index < -0.39 is 0 Å². The van der Waals surface area contributed by atoms with Gasteiger partial charge >= 0.3 is 0 Å². The summed E-state index contributed by atoms with van der Waals surface area (Å²) in [4.78, 5) is 2.45. The minimum atomic E-state index is 0.0631. The summed E-state index contributed by atoms with van der Waals surface area (Å²) in [5.41, 5.74) is 1.04. The molecule has 1 aliphatic heterocycles. The topological polar surface area (TPSA) is 42.3 Å². The van der Waals surface area contributed by atoms with E-state index in [1.807, 2.05) is 11.7 Å². The van der Waals surface area contributed by atoms with Gasteiger partial charge in [-0.2, -0.15) is 5.10 Å². The van der Waals surface area contributed by atoms with E-state index >= 15 is 0 Å². The lowest BCUT2D eigenvalue weighted by molar-refractivity contribution is -0.0562. The van der Waals surface area contributed by atoms with Crippen molar-refractivity contribution in [3.8, 4) is 0 Å². The van der Waals surface area contributed by atoms with Crippen LogP contribution in [0, 0.1) is 0 Å². The summed E-state index contributed by atoms with van der Waals surface area (Å²) < 4.78 is 8.02. The van der Waals surface area contributed by atoms with Gasteiger partial charge in [0, 0.05) is 25.7 Å². The average Bonchev–Trinajstić information content (AvgIpc) is 2.82. The highest BCUT2D eigenvalue weighted by atomic mass is 35.5. The van der Waals surface area contributed by atoms with Crippen molar-refractivity contribution in [2.45, 2.75) is 51.9 Å². The summed E-state index contributed by atoms with van der Waals surface area (Å²) in [6.45, 7) is 10.1. The van der Waals surface area contributed by atoms with Crippen LogP contribution in [0.3, 0.4) is 0 Å². The van der Waals surface area contributed by atoms with Crippen molar-refractivity contribution >= 4 is 11.6 Å². The summed E-state index contributed by atoms with van der Waals surface area (Å²) >= 11 is 6.38. The molecule has 0 spiro atoms. The third-order valence-corrected chi connectivity index (χ3v) is 4.39. The minimum Gasteiger partial charge on any atom is -0.374 e. The van der Waals surface area contributed by atoms with Gasteiger partial charge in [0.15, 0.2) is 0 Å². The van der Waals surface area contributed by atoms with Crippen LogP contribution in [0.4, 0.5) is 0 Å². The molecule has 1 aliphatic rings. The fourth-order valence-electron chi connectivity index (χ4n) is 2.94. The number of halogens is 1. The standard InChI is InChI=1S/C15H27ClN4O/c1-5-6-20-15(12(16)9-18-20)14(17-4)13-10-19(11(2)3)7-8-21-13/h9,11,13-14,17H,5-8,10H2,1-4H3. The molecule has 0 aliphatic carbocycles. The second-order valence-electron chi connectivity index (χ2n) is 5.87. The van der Waals surface area contributed by atoms with Crippen LogP contribution in [0.15, 0.2) is 6.20 Å². The second-order valence-corrected chi connectivity index (χ2v) is 6.27. The number of hydrogen-bond donors (Lipinski definition) is 1. The zero-order valence-corrected chi connectivity index (χ0v) is 14.2. The molecular formula is C15H27ClN4O. The molecule has 120 valence electrons. The predicted molar refractivity (Wildman–Crippen MR) is 85.8 cm³/mol. The highest BCUT2D eigenvalue weighted by Gasteiger charge is 2.32. The van der Waals surface area contributed by atoms with Gasteiger partial charge in [0.2, 0.25) is 0 Å². The molecule has 2 unspecified atom stereocenters. The molecule has 2 heterocycles. The van der Waals surface area contributed by atoms with E-state index in [1.165, 1.54) is 0 Å². The van der Waals surface area contributed by atoms with E-state index in [2.05, 4.69) is 36.1 Å². The van der Waals surface area contributed by atoms with Crippen molar-refractivity contribution < 1.29 is 4.74 Å². The highest BCUT2D eigenvalue weighted by molar-refractivity contribution is 6.31. The Morgan fingerprint density at radius 3 is 2.90 bits per heavy atom. The number of aromatic nitrogens is 2. The fourth-order valence-corrected chi connectivity index (χ4v) is 3.20. The Bertz CT molecular complexity index is 449. The van der Waals surface area contributed by atoms with Crippen LogP contribution in [-0.4, -0.2) is 53.6 Å². The first-order chi connectivity index (χ1) is 10.1. The smallest absolute Gasteiger partial charge is 0.0912 e. The van der Waals surface area contributed by atoms with Crippen LogP contribution in [0.5, 0.6) is 0 Å². The number of nitrogens with zero attached hydrogens (tertiary/aromatic N) is 3. The van der Waals surface area contributed by atoms with E-state index in [0.717, 1.165) is 38.4 Å². The zero-order chi connectivity index (χ0) is 15.4. The molecule has 0 bridgehead atoms. The molecule has 21 heavy (non-hydrogen) atoms. The number of rotatable bonds is 6. The SMILES string of the molecule is CCCn1ncc(Cl)c1C(NC)C1CN(C(C)C)CCO1. The second kappa shape index (κ2) is 7.58. The van der Waals surface area contributed by atoms with Gasteiger partial charge in [0.25, 0.3) is 0 Å². The lowest BCUT2D eigenvalue weighted by Gasteiger charge is -2.39. The Kier molecular flexibility index (Phi) is 6.05. The van der Waals surface area contributed by atoms with Crippen LogP contribution in [0.1, 0.15) is 38.9 Å². The monoisotopic (exact) mass is 314 g/mol. The molecule has 0 amide bonds. The van der Waals surface area contributed by atoms with E-state index in [9.17, 15) is 0 Å². The van der Waals surface area contributed by atoms with Crippen molar-refractivity contribution in [2.75, 3.05) is 26.7 Å². The molecule has 0 saturated carbocycles. The maximum Gasteiger partial charge on any atom is 0.0912 e. The van der Waals surface area contributed by atoms with Crippen LogP contribution < -0.4 is 5.32 Å². The van der Waals surface area contributed by atoms with Crippen LogP contribution in [0.2, 0.25) is 5.02 Å². The average molecular weight is 315 g/mol. The van der Waals surface area contributed by atoms with E-state index in [0.29, 0.717) is 11.1 Å². The number of likely N-dealkylation sites (N-methyl/N-ethyl adjacent to an activating group) is 1. The summed E-state index contributed by atoms with van der Waals surface area (Å²) in [6.07, 6.45) is 2.86. The summed E-state index contributed by atoms with van der Waals surface area (Å²) in [5, 5.41) is 8.49. The summed E-state index contributed by atoms with van der Waals surface area (Å²) in [7, 11) is 1.96. The third-order valence-electron chi connectivity index (χ3n) is 4.10. The Balaban J connectivity index is 2.21. The van der Waals surface area contributed by atoms with Crippen LogP contribution in [-0.2, 0) is 11.3 Å². The van der Waals surface area contributed by atoms with Crippen LogP contribution in [0.25, 0.3) is 0 Å². The van der Waals surface area contributed by atoms with Crippen LogP contribution >= 0.6 is 11.6 Å². The molecular weight excluding hydrogens is 288 g/mol. The van der Waals surface area contributed by atoms with Gasteiger partial charge < -0.3 is 10.1 Å². The lowest BCUT2D eigenvalue weighted by Crippen LogP contribution is -2.50. The Hall–Kier alpha value is -0.620. The molecule has 0 aromatic carbocycles. The van der Waals surface area contributed by atoms with Crippen molar-refractivity contribution in [3.05, 3.63) is 16.9 Å². The van der Waals surface area contributed by atoms with Crippen molar-refractivity contribution in [2.24, 2.45) is 0 Å². The van der Waals surface area contributed by atoms with E-state index in [1.54, 1.807) is 6.20 Å². The molecule has 1 aromatic heterocycles. The minimum absolute atomic E-state index is 0.0631. The first-order valence-corrected chi connectivity index (χ1v) is 8.20. The molecule has 1 aromatic rings. The Morgan fingerprint density at radius 1 is 1.52 bits per heavy atom. The van der Waals surface area contributed by atoms with Gasteiger partial charge in [-0.25, -0.2) is 0 Å². The van der Waals surface area contributed by atoms with Crippen molar-refractivity contribution in [1.29, 1.82) is 0 Å². The predicted octanol–water partition coefficient (Wildman–Crippen LogP) is 2.32. The quantitative estimate of drug-likeness (QED) is 0.875. The maximum atomic E-state index is 6.38. The molecule has 6 heteroatoms. The largest absolute Gasteiger partial charge is 0.374 e. The Morgan fingerprint density at radius 2 is 2.29 bits per heavy atom. The lowest BCUT2D eigenvalue weighted by atomic mass is 10.0. The van der Waals surface area contributed by atoms with Gasteiger partial charge in [0.1, 0.15) is 0 Å². The number of hydrogen-bond acceptors (Lipinski definition) is 4. The normalized spacial score (nSPS) is 21.9. The molecule has 1 N–H and O–H groups in total. The summed E-state index contributed by atoms with van der Waals surface area (Å²) in [6, 6.07) is 0.595. The molecule has 2 atom stereocenters. The van der Waals surface area contributed by atoms with Gasteiger partial charge in [-0.15, -0.1) is 0 Å².